The van der Waals surface area contributed by atoms with E-state index in [4.69, 9.17) is 0 Å². The number of carboxylic acid groups (broad SMARTS) is 1. The lowest BCUT2D eigenvalue weighted by Gasteiger charge is -2.25. The fourth-order valence-corrected chi connectivity index (χ4v) is 4.16. The predicted molar refractivity (Wildman–Crippen MR) is 114 cm³/mol. The van der Waals surface area contributed by atoms with Gasteiger partial charge in [0.05, 0.1) is 17.5 Å². The van der Waals surface area contributed by atoms with Crippen molar-refractivity contribution in [3.05, 3.63) is 77.7 Å². The number of carbonyl (C=O) groups is 2. The Labute approximate surface area is 179 Å². The van der Waals surface area contributed by atoms with E-state index in [0.717, 1.165) is 16.5 Å². The molecular weight excluding hydrogens is 397 g/mol. The number of Topliss-reactive ketones (excluding diaryl/α,β-unsaturated/α-hetero) is 1. The number of carbonyl (C=O) groups excluding carboxylic acids is 1. The molecule has 1 fully saturated rings. The van der Waals surface area contributed by atoms with Crippen molar-refractivity contribution < 1.29 is 24.2 Å². The molecule has 0 radical (unpaired) electrons. The third kappa shape index (κ3) is 4.80. The molecular formula is C25H24FNO4. The molecule has 2 N–H and O–H groups in total. The van der Waals surface area contributed by atoms with Crippen LogP contribution in [0.15, 0.2) is 60.8 Å². The van der Waals surface area contributed by atoms with Crippen LogP contribution >= 0.6 is 0 Å². The number of benzene rings is 2. The van der Waals surface area contributed by atoms with Crippen LogP contribution in [0.1, 0.15) is 36.3 Å². The topological polar surface area (TPSA) is 87.5 Å². The van der Waals surface area contributed by atoms with Gasteiger partial charge in [0.25, 0.3) is 0 Å². The highest BCUT2D eigenvalue weighted by Crippen LogP contribution is 2.41. The first-order chi connectivity index (χ1) is 14.9. The molecule has 6 heteroatoms. The summed E-state index contributed by atoms with van der Waals surface area (Å²) >= 11 is 0. The molecule has 2 unspecified atom stereocenters. The second kappa shape index (κ2) is 8.94. The predicted octanol–water partition coefficient (Wildman–Crippen LogP) is 4.13. The van der Waals surface area contributed by atoms with Crippen LogP contribution in [0.5, 0.6) is 0 Å². The molecule has 0 amide bonds. The van der Waals surface area contributed by atoms with Crippen LogP contribution in [-0.4, -0.2) is 33.1 Å². The Morgan fingerprint density at radius 2 is 1.81 bits per heavy atom. The third-order valence-electron chi connectivity index (χ3n) is 5.96. The lowest BCUT2D eigenvalue weighted by molar-refractivity contribution is -0.148. The molecule has 0 bridgehead atoms. The molecule has 0 saturated heterocycles. The first-order valence-corrected chi connectivity index (χ1v) is 10.5. The summed E-state index contributed by atoms with van der Waals surface area (Å²) in [5.74, 6) is -4.48. The van der Waals surface area contributed by atoms with Gasteiger partial charge in [-0.05, 0) is 67.0 Å². The number of aliphatic carboxylic acids is 1. The minimum atomic E-state index is -1.16. The van der Waals surface area contributed by atoms with Gasteiger partial charge in [-0.25, -0.2) is 4.39 Å². The van der Waals surface area contributed by atoms with E-state index in [9.17, 15) is 24.2 Å². The first-order valence-electron chi connectivity index (χ1n) is 10.5. The minimum Gasteiger partial charge on any atom is -0.481 e. The van der Waals surface area contributed by atoms with Gasteiger partial charge < -0.3 is 10.2 Å². The monoisotopic (exact) mass is 421 g/mol. The summed E-state index contributed by atoms with van der Waals surface area (Å²) in [6.45, 7) is 0. The van der Waals surface area contributed by atoms with Gasteiger partial charge in [0.1, 0.15) is 11.7 Å². The van der Waals surface area contributed by atoms with Crippen molar-refractivity contribution >= 4 is 22.7 Å². The normalized spacial score (nSPS) is 16.6. The van der Waals surface area contributed by atoms with Crippen LogP contribution in [0.4, 0.5) is 4.39 Å². The van der Waals surface area contributed by atoms with E-state index in [1.807, 2.05) is 30.3 Å². The van der Waals surface area contributed by atoms with E-state index in [-0.39, 0.29) is 12.3 Å². The largest absolute Gasteiger partial charge is 0.481 e. The standard InChI is InChI=1S/C25H24FNO4/c26-19-10-8-16(9-11-19)22(24(29)23(25(30)31)17-6-7-17)21(28)12-5-15-13-18-3-1-2-4-20(18)27-14-15/h1-4,8-11,13-14,17,21-23,28H,5-7,12H2,(H,30,31)/t21-,22?,23?/m0/s1. The number of ketones is 1. The average Bonchev–Trinajstić information content (AvgIpc) is 3.58. The number of nitrogens with zero attached hydrogens (tertiary/aromatic N) is 1. The second-order valence-corrected chi connectivity index (χ2v) is 8.23. The summed E-state index contributed by atoms with van der Waals surface area (Å²) in [5.41, 5.74) is 2.22. The fraction of sp³-hybridized carbons (Fsp3) is 0.320. The third-order valence-corrected chi connectivity index (χ3v) is 5.96. The lowest BCUT2D eigenvalue weighted by atomic mass is 9.80. The summed E-state index contributed by atoms with van der Waals surface area (Å²) in [5, 5.41) is 21.6. The molecule has 1 aliphatic rings. The highest BCUT2D eigenvalue weighted by atomic mass is 19.1. The number of carboxylic acids is 1. The maximum atomic E-state index is 13.4. The number of para-hydroxylation sites is 1. The smallest absolute Gasteiger partial charge is 0.314 e. The van der Waals surface area contributed by atoms with Gasteiger partial charge in [-0.15, -0.1) is 0 Å². The van der Waals surface area contributed by atoms with E-state index in [1.165, 1.54) is 24.3 Å². The number of halogens is 1. The Balaban J connectivity index is 1.56. The Morgan fingerprint density at radius 3 is 2.48 bits per heavy atom. The summed E-state index contributed by atoms with van der Waals surface area (Å²) in [7, 11) is 0. The Bertz CT molecular complexity index is 1090. The zero-order valence-corrected chi connectivity index (χ0v) is 16.9. The Kier molecular flexibility index (Phi) is 6.09. The van der Waals surface area contributed by atoms with Crippen molar-refractivity contribution in [2.24, 2.45) is 11.8 Å². The van der Waals surface area contributed by atoms with Crippen molar-refractivity contribution in [2.75, 3.05) is 0 Å². The average molecular weight is 421 g/mol. The Morgan fingerprint density at radius 1 is 1.10 bits per heavy atom. The molecule has 3 atom stereocenters. The molecule has 5 nitrogen and oxygen atoms in total. The van der Waals surface area contributed by atoms with E-state index in [2.05, 4.69) is 4.98 Å². The number of rotatable bonds is 9. The maximum absolute atomic E-state index is 13.4. The number of aliphatic hydroxyl groups excluding tert-OH is 1. The van der Waals surface area contributed by atoms with Crippen molar-refractivity contribution in [3.8, 4) is 0 Å². The molecule has 1 saturated carbocycles. The van der Waals surface area contributed by atoms with Crippen LogP contribution in [-0.2, 0) is 16.0 Å². The van der Waals surface area contributed by atoms with Crippen molar-refractivity contribution in [2.45, 2.75) is 37.7 Å². The SMILES string of the molecule is O=C(O)C(C(=O)C(c1ccc(F)cc1)[C@@H](O)CCc1cnc2ccccc2c1)C1CC1. The zero-order chi connectivity index (χ0) is 22.0. The first kappa shape index (κ1) is 21.1. The van der Waals surface area contributed by atoms with Gasteiger partial charge in [0.2, 0.25) is 0 Å². The quantitative estimate of drug-likeness (QED) is 0.507. The van der Waals surface area contributed by atoms with Crippen molar-refractivity contribution in [1.82, 2.24) is 4.98 Å². The fourth-order valence-electron chi connectivity index (χ4n) is 4.16. The molecule has 1 heterocycles. The number of aromatic nitrogens is 1. The van der Waals surface area contributed by atoms with E-state index in [0.29, 0.717) is 24.8 Å². The minimum absolute atomic E-state index is 0.190. The summed E-state index contributed by atoms with van der Waals surface area (Å²) < 4.78 is 13.4. The lowest BCUT2D eigenvalue weighted by Crippen LogP contribution is -2.36. The summed E-state index contributed by atoms with van der Waals surface area (Å²) in [6.07, 6.45) is 2.77. The number of aryl methyl sites for hydroxylation is 1. The van der Waals surface area contributed by atoms with Gasteiger partial charge in [-0.2, -0.15) is 0 Å². The van der Waals surface area contributed by atoms with Crippen LogP contribution in [0.25, 0.3) is 10.9 Å². The van der Waals surface area contributed by atoms with Crippen molar-refractivity contribution in [1.29, 1.82) is 0 Å². The highest BCUT2D eigenvalue weighted by molar-refractivity contribution is 6.02. The molecule has 0 aliphatic heterocycles. The van der Waals surface area contributed by atoms with Gasteiger partial charge in [-0.1, -0.05) is 30.3 Å². The van der Waals surface area contributed by atoms with Crippen LogP contribution in [0, 0.1) is 17.7 Å². The molecule has 31 heavy (non-hydrogen) atoms. The molecule has 3 aromatic rings. The number of hydrogen-bond donors (Lipinski definition) is 2. The molecule has 160 valence electrons. The highest BCUT2D eigenvalue weighted by Gasteiger charge is 2.45. The van der Waals surface area contributed by atoms with E-state index < -0.39 is 35.5 Å². The van der Waals surface area contributed by atoms with Crippen molar-refractivity contribution in [3.63, 3.8) is 0 Å². The molecule has 4 rings (SSSR count). The zero-order valence-electron chi connectivity index (χ0n) is 16.9. The summed E-state index contributed by atoms with van der Waals surface area (Å²) in [6, 6.07) is 15.1. The second-order valence-electron chi connectivity index (χ2n) is 8.23. The molecule has 1 aromatic heterocycles. The van der Waals surface area contributed by atoms with Gasteiger partial charge in [0.15, 0.2) is 5.78 Å². The van der Waals surface area contributed by atoms with Crippen LogP contribution < -0.4 is 0 Å². The van der Waals surface area contributed by atoms with Crippen LogP contribution in [0.3, 0.4) is 0 Å². The van der Waals surface area contributed by atoms with E-state index >= 15 is 0 Å². The number of fused-ring (bicyclic) bond motifs is 1. The number of hydrogen-bond acceptors (Lipinski definition) is 4. The summed E-state index contributed by atoms with van der Waals surface area (Å²) in [4.78, 5) is 29.4. The number of pyridine rings is 1. The number of aliphatic hydroxyl groups is 1. The van der Waals surface area contributed by atoms with Crippen LogP contribution in [0.2, 0.25) is 0 Å². The van der Waals surface area contributed by atoms with Gasteiger partial charge in [-0.3, -0.25) is 14.6 Å². The molecule has 2 aromatic carbocycles. The van der Waals surface area contributed by atoms with Gasteiger partial charge in [0, 0.05) is 11.6 Å². The molecule has 1 aliphatic carbocycles. The maximum Gasteiger partial charge on any atom is 0.314 e. The Hall–Kier alpha value is -3.12. The van der Waals surface area contributed by atoms with E-state index in [1.54, 1.807) is 6.20 Å². The van der Waals surface area contributed by atoms with Gasteiger partial charge >= 0.3 is 5.97 Å². The molecule has 0 spiro atoms.